The Labute approximate surface area is 120 Å². The molecule has 0 saturated heterocycles. The zero-order valence-electron chi connectivity index (χ0n) is 11.3. The highest BCUT2D eigenvalue weighted by Gasteiger charge is 2.19. The largest absolute Gasteiger partial charge is 0.314 e. The molecule has 0 aliphatic heterocycles. The van der Waals surface area contributed by atoms with Crippen molar-refractivity contribution in [2.45, 2.75) is 41.5 Å². The summed E-state index contributed by atoms with van der Waals surface area (Å²) in [4.78, 5) is 1.54. The third kappa shape index (κ3) is 5.55. The highest BCUT2D eigenvalue weighted by Crippen LogP contribution is 2.22. The van der Waals surface area contributed by atoms with Gasteiger partial charge >= 0.3 is 0 Å². The number of hydrogen-bond donors (Lipinski definition) is 1. The number of unbranched alkanes of at least 4 members (excludes halogenated alkanes) is 1. The predicted molar refractivity (Wildman–Crippen MR) is 80.5 cm³/mol. The van der Waals surface area contributed by atoms with Crippen molar-refractivity contribution in [3.8, 4) is 0 Å². The third-order valence-corrected chi connectivity index (χ3v) is 5.33. The van der Waals surface area contributed by atoms with Crippen LogP contribution in [0.1, 0.15) is 25.7 Å². The minimum absolute atomic E-state index is 0.394. The van der Waals surface area contributed by atoms with Crippen LogP contribution in [0.2, 0.25) is 0 Å². The van der Waals surface area contributed by atoms with E-state index in [0.717, 1.165) is 23.2 Å². The van der Waals surface area contributed by atoms with E-state index in [1.54, 1.807) is 23.9 Å². The average Bonchev–Trinajstić information content (AvgIpc) is 3.17. The topological polar surface area (TPSA) is 46.2 Å². The molecule has 1 aromatic carbocycles. The Bertz CT molecular complexity index is 493. The molecule has 2 rings (SSSR count). The molecule has 19 heavy (non-hydrogen) atoms. The van der Waals surface area contributed by atoms with Crippen LogP contribution in [0.15, 0.2) is 34.1 Å². The Balaban J connectivity index is 1.65. The second-order valence-electron chi connectivity index (χ2n) is 5.03. The van der Waals surface area contributed by atoms with Crippen LogP contribution in [0.5, 0.6) is 0 Å². The maximum absolute atomic E-state index is 11.3. The molecule has 1 fully saturated rings. The molecule has 0 atom stereocenters. The lowest BCUT2D eigenvalue weighted by Crippen LogP contribution is -2.17. The minimum atomic E-state index is -3.07. The third-order valence-electron chi connectivity index (χ3n) is 3.10. The second-order valence-corrected chi connectivity index (χ2v) is 8.21. The maximum Gasteiger partial charge on any atom is 0.175 e. The normalized spacial score (nSPS) is 15.6. The van der Waals surface area contributed by atoms with E-state index in [1.165, 1.54) is 31.9 Å². The molecular weight excluding hydrogens is 278 g/mol. The SMILES string of the molecule is CS(=O)(=O)c1ccc(SCCCCNC2CC2)cc1. The van der Waals surface area contributed by atoms with E-state index in [9.17, 15) is 8.42 Å². The van der Waals surface area contributed by atoms with Crippen LogP contribution in [0.4, 0.5) is 0 Å². The van der Waals surface area contributed by atoms with E-state index >= 15 is 0 Å². The Morgan fingerprint density at radius 1 is 1.21 bits per heavy atom. The zero-order chi connectivity index (χ0) is 13.7. The molecule has 0 spiro atoms. The van der Waals surface area contributed by atoms with E-state index in [-0.39, 0.29) is 0 Å². The van der Waals surface area contributed by atoms with Crippen molar-refractivity contribution in [1.29, 1.82) is 0 Å². The van der Waals surface area contributed by atoms with Crippen molar-refractivity contribution < 1.29 is 8.42 Å². The standard InChI is InChI=1S/C14H21NO2S2/c1-19(16,17)14-8-6-13(7-9-14)18-11-3-2-10-15-12-4-5-12/h6-9,12,15H,2-5,10-11H2,1H3. The zero-order valence-corrected chi connectivity index (χ0v) is 12.9. The maximum atomic E-state index is 11.3. The highest BCUT2D eigenvalue weighted by molar-refractivity contribution is 7.99. The number of sulfone groups is 1. The van der Waals surface area contributed by atoms with Crippen molar-refractivity contribution >= 4 is 21.6 Å². The molecule has 0 radical (unpaired) electrons. The van der Waals surface area contributed by atoms with Crippen molar-refractivity contribution in [2.75, 3.05) is 18.6 Å². The van der Waals surface area contributed by atoms with Gasteiger partial charge in [-0.05, 0) is 62.2 Å². The second kappa shape index (κ2) is 6.77. The molecular formula is C14H21NO2S2. The lowest BCUT2D eigenvalue weighted by atomic mass is 10.3. The molecule has 0 unspecified atom stereocenters. The van der Waals surface area contributed by atoms with Crippen LogP contribution < -0.4 is 5.32 Å². The van der Waals surface area contributed by atoms with Gasteiger partial charge in [-0.3, -0.25) is 0 Å². The molecule has 1 aliphatic carbocycles. The summed E-state index contributed by atoms with van der Waals surface area (Å²) < 4.78 is 22.6. The van der Waals surface area contributed by atoms with Gasteiger partial charge in [0.2, 0.25) is 0 Å². The molecule has 1 aromatic rings. The summed E-state index contributed by atoms with van der Waals surface area (Å²) in [6, 6.07) is 7.96. The lowest BCUT2D eigenvalue weighted by molar-refractivity contribution is 0.602. The number of nitrogens with one attached hydrogen (secondary N) is 1. The minimum Gasteiger partial charge on any atom is -0.314 e. The van der Waals surface area contributed by atoms with Crippen molar-refractivity contribution in [2.24, 2.45) is 0 Å². The molecule has 1 N–H and O–H groups in total. The molecule has 0 heterocycles. The fourth-order valence-corrected chi connectivity index (χ4v) is 3.34. The molecule has 106 valence electrons. The van der Waals surface area contributed by atoms with E-state index in [0.29, 0.717) is 4.90 Å². The van der Waals surface area contributed by atoms with Gasteiger partial charge in [0.15, 0.2) is 9.84 Å². The first-order valence-corrected chi connectivity index (χ1v) is 9.60. The monoisotopic (exact) mass is 299 g/mol. The van der Waals surface area contributed by atoms with Crippen LogP contribution in [0.25, 0.3) is 0 Å². The van der Waals surface area contributed by atoms with E-state index in [4.69, 9.17) is 0 Å². The first-order chi connectivity index (χ1) is 9.05. The number of benzene rings is 1. The molecule has 1 saturated carbocycles. The summed E-state index contributed by atoms with van der Waals surface area (Å²) in [7, 11) is -3.07. The molecule has 5 heteroatoms. The number of rotatable bonds is 8. The summed E-state index contributed by atoms with van der Waals surface area (Å²) in [6.07, 6.45) is 6.34. The van der Waals surface area contributed by atoms with Gasteiger partial charge in [-0.2, -0.15) is 0 Å². The quantitative estimate of drug-likeness (QED) is 0.592. The summed E-state index contributed by atoms with van der Waals surface area (Å²) in [5, 5.41) is 3.50. The van der Waals surface area contributed by atoms with Gasteiger partial charge in [-0.25, -0.2) is 8.42 Å². The summed E-state index contributed by atoms with van der Waals surface area (Å²) in [5.74, 6) is 1.09. The summed E-state index contributed by atoms with van der Waals surface area (Å²) in [6.45, 7) is 1.12. The Morgan fingerprint density at radius 2 is 1.89 bits per heavy atom. The first-order valence-electron chi connectivity index (χ1n) is 6.72. The Kier molecular flexibility index (Phi) is 5.30. The smallest absolute Gasteiger partial charge is 0.175 e. The first kappa shape index (κ1) is 14.9. The van der Waals surface area contributed by atoms with E-state index in [1.807, 2.05) is 12.1 Å². The van der Waals surface area contributed by atoms with Gasteiger partial charge in [-0.15, -0.1) is 11.8 Å². The molecule has 0 bridgehead atoms. The van der Waals surface area contributed by atoms with E-state index < -0.39 is 9.84 Å². The summed E-state index contributed by atoms with van der Waals surface area (Å²) in [5.41, 5.74) is 0. The van der Waals surface area contributed by atoms with Crippen molar-refractivity contribution in [3.05, 3.63) is 24.3 Å². The van der Waals surface area contributed by atoms with Gasteiger partial charge < -0.3 is 5.32 Å². The van der Waals surface area contributed by atoms with Crippen LogP contribution >= 0.6 is 11.8 Å². The lowest BCUT2D eigenvalue weighted by Gasteiger charge is -2.04. The Hall–Kier alpha value is -0.520. The predicted octanol–water partition coefficient (Wildman–Crippen LogP) is 2.71. The van der Waals surface area contributed by atoms with E-state index in [2.05, 4.69) is 5.32 Å². The van der Waals surface area contributed by atoms with Crippen LogP contribution in [0, 0.1) is 0 Å². The van der Waals surface area contributed by atoms with Gasteiger partial charge in [-0.1, -0.05) is 0 Å². The van der Waals surface area contributed by atoms with Crippen LogP contribution in [0.3, 0.4) is 0 Å². The van der Waals surface area contributed by atoms with Gasteiger partial charge in [0, 0.05) is 17.2 Å². The van der Waals surface area contributed by atoms with Crippen LogP contribution in [-0.2, 0) is 9.84 Å². The fraction of sp³-hybridized carbons (Fsp3) is 0.571. The van der Waals surface area contributed by atoms with Crippen molar-refractivity contribution in [3.63, 3.8) is 0 Å². The molecule has 1 aliphatic rings. The van der Waals surface area contributed by atoms with Gasteiger partial charge in [0.25, 0.3) is 0 Å². The van der Waals surface area contributed by atoms with Gasteiger partial charge in [0.1, 0.15) is 0 Å². The number of hydrogen-bond acceptors (Lipinski definition) is 4. The van der Waals surface area contributed by atoms with Crippen LogP contribution in [-0.4, -0.2) is 33.0 Å². The number of thioether (sulfide) groups is 1. The molecule has 0 aromatic heterocycles. The fourth-order valence-electron chi connectivity index (χ4n) is 1.79. The van der Waals surface area contributed by atoms with Gasteiger partial charge in [0.05, 0.1) is 4.90 Å². The Morgan fingerprint density at radius 3 is 2.47 bits per heavy atom. The van der Waals surface area contributed by atoms with Crippen molar-refractivity contribution in [1.82, 2.24) is 5.32 Å². The highest BCUT2D eigenvalue weighted by atomic mass is 32.2. The average molecular weight is 299 g/mol. The summed E-state index contributed by atoms with van der Waals surface area (Å²) >= 11 is 1.79. The molecule has 3 nitrogen and oxygen atoms in total. The molecule has 0 amide bonds.